The van der Waals surface area contributed by atoms with Gasteiger partial charge in [-0.25, -0.2) is 0 Å². The molecule has 0 fully saturated rings. The molecule has 0 amide bonds. The second-order valence-corrected chi connectivity index (χ2v) is 3.93. The third kappa shape index (κ3) is 4.43. The summed E-state index contributed by atoms with van der Waals surface area (Å²) >= 11 is 0. The lowest BCUT2D eigenvalue weighted by atomic mass is 10.1. The van der Waals surface area contributed by atoms with E-state index in [1.165, 1.54) is 0 Å². The van der Waals surface area contributed by atoms with Gasteiger partial charge in [0.05, 0.1) is 24.8 Å². The molecule has 0 spiro atoms. The lowest BCUT2D eigenvalue weighted by Crippen LogP contribution is -2.26. The molecular weight excluding hydrogens is 200 g/mol. The molecule has 0 bridgehead atoms. The summed E-state index contributed by atoms with van der Waals surface area (Å²) in [5.41, 5.74) is 1.65. The number of rotatable bonds is 6. The van der Waals surface area contributed by atoms with Gasteiger partial charge in [0, 0.05) is 12.6 Å². The fraction of sp³-hybridized carbons (Fsp3) is 0.462. The number of nitrogens with one attached hydrogen (secondary N) is 1. The first kappa shape index (κ1) is 12.7. The van der Waals surface area contributed by atoms with Gasteiger partial charge >= 0.3 is 0 Å². The highest BCUT2D eigenvalue weighted by Crippen LogP contribution is 2.08. The summed E-state index contributed by atoms with van der Waals surface area (Å²) in [5, 5.41) is 12.1. The topological polar surface area (TPSA) is 45.0 Å². The Labute approximate surface area is 97.0 Å². The van der Waals surface area contributed by atoms with E-state index in [0.717, 1.165) is 12.1 Å². The minimum absolute atomic E-state index is 0.481. The first-order valence-corrected chi connectivity index (χ1v) is 5.53. The van der Waals surface area contributed by atoms with Gasteiger partial charge in [-0.1, -0.05) is 32.0 Å². The van der Waals surface area contributed by atoms with Gasteiger partial charge < -0.3 is 10.1 Å². The van der Waals surface area contributed by atoms with E-state index in [-0.39, 0.29) is 0 Å². The molecule has 86 valence electrons. The predicted molar refractivity (Wildman–Crippen MR) is 64.0 cm³/mol. The van der Waals surface area contributed by atoms with Gasteiger partial charge in [0.1, 0.15) is 0 Å². The van der Waals surface area contributed by atoms with Gasteiger partial charge in [-0.05, 0) is 11.6 Å². The van der Waals surface area contributed by atoms with E-state index in [4.69, 9.17) is 10.00 Å². The van der Waals surface area contributed by atoms with E-state index in [1.807, 2.05) is 24.3 Å². The van der Waals surface area contributed by atoms with Crippen LogP contribution < -0.4 is 5.32 Å². The SMILES string of the molecule is CC(C)NCCOCc1ccccc1C#N. The minimum atomic E-state index is 0.481. The Hall–Kier alpha value is -1.37. The van der Waals surface area contributed by atoms with Crippen molar-refractivity contribution < 1.29 is 4.74 Å². The van der Waals surface area contributed by atoms with E-state index < -0.39 is 0 Å². The summed E-state index contributed by atoms with van der Waals surface area (Å²) in [5.74, 6) is 0. The average molecular weight is 218 g/mol. The van der Waals surface area contributed by atoms with Crippen molar-refractivity contribution in [3.8, 4) is 6.07 Å². The normalized spacial score (nSPS) is 10.4. The Morgan fingerprint density at radius 1 is 1.38 bits per heavy atom. The van der Waals surface area contributed by atoms with Crippen LogP contribution in [0.5, 0.6) is 0 Å². The molecule has 0 saturated carbocycles. The van der Waals surface area contributed by atoms with Crippen LogP contribution in [0.15, 0.2) is 24.3 Å². The molecule has 1 rings (SSSR count). The number of ether oxygens (including phenoxy) is 1. The third-order valence-electron chi connectivity index (χ3n) is 2.19. The Balaban J connectivity index is 2.30. The van der Waals surface area contributed by atoms with Crippen LogP contribution >= 0.6 is 0 Å². The highest BCUT2D eigenvalue weighted by atomic mass is 16.5. The van der Waals surface area contributed by atoms with Crippen molar-refractivity contribution in [2.75, 3.05) is 13.2 Å². The number of nitriles is 1. The second kappa shape index (κ2) is 7.00. The minimum Gasteiger partial charge on any atom is -0.375 e. The highest BCUT2D eigenvalue weighted by Gasteiger charge is 2.00. The van der Waals surface area contributed by atoms with Gasteiger partial charge in [0.25, 0.3) is 0 Å². The Kier molecular flexibility index (Phi) is 5.55. The van der Waals surface area contributed by atoms with Gasteiger partial charge in [-0.3, -0.25) is 0 Å². The average Bonchev–Trinajstić information content (AvgIpc) is 2.29. The van der Waals surface area contributed by atoms with Crippen molar-refractivity contribution in [2.24, 2.45) is 0 Å². The van der Waals surface area contributed by atoms with Crippen LogP contribution in [0.25, 0.3) is 0 Å². The number of benzene rings is 1. The fourth-order valence-corrected chi connectivity index (χ4v) is 1.36. The Morgan fingerprint density at radius 3 is 2.81 bits per heavy atom. The summed E-state index contributed by atoms with van der Waals surface area (Å²) in [6, 6.07) is 10.2. The van der Waals surface area contributed by atoms with Gasteiger partial charge in [-0.2, -0.15) is 5.26 Å². The molecule has 1 aromatic rings. The largest absolute Gasteiger partial charge is 0.375 e. The monoisotopic (exact) mass is 218 g/mol. The molecule has 0 aliphatic rings. The van der Waals surface area contributed by atoms with Crippen molar-refractivity contribution in [1.29, 1.82) is 5.26 Å². The van der Waals surface area contributed by atoms with Crippen LogP contribution in [0.2, 0.25) is 0 Å². The van der Waals surface area contributed by atoms with Gasteiger partial charge in [0.2, 0.25) is 0 Å². The lowest BCUT2D eigenvalue weighted by molar-refractivity contribution is 0.121. The molecule has 1 aromatic carbocycles. The molecule has 0 saturated heterocycles. The Bertz CT molecular complexity index is 355. The fourth-order valence-electron chi connectivity index (χ4n) is 1.36. The van der Waals surface area contributed by atoms with Gasteiger partial charge in [0.15, 0.2) is 0 Å². The van der Waals surface area contributed by atoms with Gasteiger partial charge in [-0.15, -0.1) is 0 Å². The second-order valence-electron chi connectivity index (χ2n) is 3.93. The first-order valence-electron chi connectivity index (χ1n) is 5.53. The van der Waals surface area contributed by atoms with Crippen molar-refractivity contribution in [1.82, 2.24) is 5.32 Å². The summed E-state index contributed by atoms with van der Waals surface area (Å²) < 4.78 is 5.50. The van der Waals surface area contributed by atoms with Crippen molar-refractivity contribution in [3.63, 3.8) is 0 Å². The number of hydrogen-bond donors (Lipinski definition) is 1. The Morgan fingerprint density at radius 2 is 2.12 bits per heavy atom. The standard InChI is InChI=1S/C13H18N2O/c1-11(2)15-7-8-16-10-13-6-4-3-5-12(13)9-14/h3-6,11,15H,7-8,10H2,1-2H3. The maximum Gasteiger partial charge on any atom is 0.0995 e. The molecule has 0 atom stereocenters. The van der Waals surface area contributed by atoms with E-state index >= 15 is 0 Å². The third-order valence-corrected chi connectivity index (χ3v) is 2.19. The molecule has 3 nitrogen and oxygen atoms in total. The van der Waals surface area contributed by atoms with Crippen LogP contribution in [0, 0.1) is 11.3 Å². The predicted octanol–water partition coefficient (Wildman–Crippen LogP) is 2.07. The maximum absolute atomic E-state index is 8.88. The van der Waals surface area contributed by atoms with E-state index in [2.05, 4.69) is 25.2 Å². The molecule has 0 unspecified atom stereocenters. The lowest BCUT2D eigenvalue weighted by Gasteiger charge is -2.09. The van der Waals surface area contributed by atoms with E-state index in [0.29, 0.717) is 24.8 Å². The molecular formula is C13H18N2O. The molecule has 0 aliphatic carbocycles. The number of hydrogen-bond acceptors (Lipinski definition) is 3. The first-order chi connectivity index (χ1) is 7.74. The smallest absolute Gasteiger partial charge is 0.0995 e. The molecule has 1 N–H and O–H groups in total. The summed E-state index contributed by atoms with van der Waals surface area (Å²) in [4.78, 5) is 0. The van der Waals surface area contributed by atoms with Crippen LogP contribution in [0.1, 0.15) is 25.0 Å². The van der Waals surface area contributed by atoms with Crippen molar-refractivity contribution in [2.45, 2.75) is 26.5 Å². The molecule has 0 heterocycles. The zero-order chi connectivity index (χ0) is 11.8. The summed E-state index contributed by atoms with van der Waals surface area (Å²) in [6.45, 7) is 6.21. The molecule has 0 radical (unpaired) electrons. The van der Waals surface area contributed by atoms with Crippen LogP contribution in [0.4, 0.5) is 0 Å². The maximum atomic E-state index is 8.88. The van der Waals surface area contributed by atoms with Crippen LogP contribution in [0.3, 0.4) is 0 Å². The van der Waals surface area contributed by atoms with Crippen LogP contribution in [-0.4, -0.2) is 19.2 Å². The summed E-state index contributed by atoms with van der Waals surface area (Å²) in [7, 11) is 0. The summed E-state index contributed by atoms with van der Waals surface area (Å²) in [6.07, 6.45) is 0. The van der Waals surface area contributed by atoms with Crippen molar-refractivity contribution >= 4 is 0 Å². The molecule has 0 aromatic heterocycles. The highest BCUT2D eigenvalue weighted by molar-refractivity contribution is 5.36. The number of nitrogens with zero attached hydrogens (tertiary/aromatic N) is 1. The van der Waals surface area contributed by atoms with E-state index in [9.17, 15) is 0 Å². The van der Waals surface area contributed by atoms with Crippen molar-refractivity contribution in [3.05, 3.63) is 35.4 Å². The van der Waals surface area contributed by atoms with Crippen LogP contribution in [-0.2, 0) is 11.3 Å². The molecule has 16 heavy (non-hydrogen) atoms. The zero-order valence-corrected chi connectivity index (χ0v) is 9.86. The quantitative estimate of drug-likeness (QED) is 0.743. The molecule has 0 aliphatic heterocycles. The van der Waals surface area contributed by atoms with E-state index in [1.54, 1.807) is 0 Å². The zero-order valence-electron chi connectivity index (χ0n) is 9.86. The molecule has 3 heteroatoms.